The summed E-state index contributed by atoms with van der Waals surface area (Å²) in [5.74, 6) is -9.80. The summed E-state index contributed by atoms with van der Waals surface area (Å²) < 4.78 is 0. The second-order valence-electron chi connectivity index (χ2n) is 24.1. The Bertz CT molecular complexity index is 2960. The number of carbonyl (C=O) groups is 13. The second-order valence-corrected chi connectivity index (χ2v) is 25.1. The number of nitrogens with two attached hydrogens (primary N) is 7. The number of nitrogens with one attached hydrogen (secondary N) is 8. The molecule has 2 aromatic carbocycles. The summed E-state index contributed by atoms with van der Waals surface area (Å²) >= 11 is 1.45. The Morgan fingerprint density at radius 2 is 1.01 bits per heavy atom. The van der Waals surface area contributed by atoms with Gasteiger partial charge in [-0.3, -0.25) is 67.3 Å². The highest BCUT2D eigenvalue weighted by atomic mass is 32.2. The van der Waals surface area contributed by atoms with Gasteiger partial charge in [-0.1, -0.05) is 74.5 Å². The standard InChI is InChI=1S/C63H98N18O13S/c1-37(2)33-45(57(89)74-41(53(68)85)27-32-95-3)73-52(84)36-72-54(86)46(34-38-15-6-4-7-16-38)78-58(90)47(35-39-17-8-5-9-18-39)79-56(88)42(23-25-50(66)82)75-55(87)43(24-26-51(67)83)76-59(91)49-22-14-31-81(49)62(94)44(20-10-11-28-64)77-60(92)48-21-13-30-80(48)61(93)40(65)19-12-29-71-63(69)70/h4-9,15-18,37,40-49H,10-14,19-36,64-65H2,1-3H3,(H2,66,82)(H2,67,83)(H2,68,85)(H,72,86)(H,73,84)(H,74,89)(H,75,87)(H,76,91)(H,77,92)(H,78,90)(H,79,88)(H4,69,70,71)/t40-,41+,42+,43-,44+,45+,46-,47-,48+,49+/m1/s1. The third-order valence-corrected chi connectivity index (χ3v) is 16.7. The van der Waals surface area contributed by atoms with Crippen molar-refractivity contribution >= 4 is 94.5 Å². The lowest BCUT2D eigenvalue weighted by Crippen LogP contribution is -2.60. The number of primary amides is 3. The van der Waals surface area contributed by atoms with Gasteiger partial charge in [0.25, 0.3) is 0 Å². The Hall–Kier alpha value is -8.91. The van der Waals surface area contributed by atoms with Crippen LogP contribution in [0.1, 0.15) is 121 Å². The molecule has 4 rings (SSSR count). The van der Waals surface area contributed by atoms with Gasteiger partial charge in [0.2, 0.25) is 76.8 Å². The number of carbonyl (C=O) groups excluding carboxylic acids is 13. The summed E-state index contributed by atoms with van der Waals surface area (Å²) in [4.78, 5) is 185. The van der Waals surface area contributed by atoms with Crippen molar-refractivity contribution in [2.75, 3.05) is 44.7 Å². The number of guanidine groups is 1. The number of hydrogen-bond donors (Lipinski definition) is 15. The number of nitrogens with zero attached hydrogens (tertiary/aromatic N) is 3. The van der Waals surface area contributed by atoms with Gasteiger partial charge in [-0.2, -0.15) is 11.8 Å². The van der Waals surface area contributed by atoms with Crippen LogP contribution in [0.15, 0.2) is 65.7 Å². The summed E-state index contributed by atoms with van der Waals surface area (Å²) in [7, 11) is 0. The van der Waals surface area contributed by atoms with Crippen LogP contribution in [0, 0.1) is 5.92 Å². The van der Waals surface area contributed by atoms with Crippen LogP contribution in [0.5, 0.6) is 0 Å². The number of unbranched alkanes of at least 4 members (excludes halogenated alkanes) is 1. The molecule has 2 heterocycles. The van der Waals surface area contributed by atoms with Crippen LogP contribution >= 0.6 is 11.8 Å². The zero-order chi connectivity index (χ0) is 70.1. The Morgan fingerprint density at radius 1 is 0.537 bits per heavy atom. The van der Waals surface area contributed by atoms with Crippen molar-refractivity contribution in [3.05, 3.63) is 71.8 Å². The van der Waals surface area contributed by atoms with Crippen molar-refractivity contribution in [3.63, 3.8) is 0 Å². The van der Waals surface area contributed by atoms with Crippen LogP contribution in [-0.4, -0.2) is 198 Å². The first kappa shape index (κ1) is 78.5. The molecule has 0 radical (unpaired) electrons. The Labute approximate surface area is 558 Å². The van der Waals surface area contributed by atoms with E-state index >= 15 is 0 Å². The molecule has 13 amide bonds. The Kier molecular flexibility index (Phi) is 33.9. The quantitative estimate of drug-likeness (QED) is 0.0173. The topological polar surface area (TPSA) is 519 Å². The smallest absolute Gasteiger partial charge is 0.245 e. The molecule has 2 fully saturated rings. The maximum Gasteiger partial charge on any atom is 0.245 e. The molecule has 0 unspecified atom stereocenters. The van der Waals surface area contributed by atoms with Gasteiger partial charge in [-0.05, 0) is 119 Å². The van der Waals surface area contributed by atoms with E-state index in [1.165, 1.54) is 21.6 Å². The monoisotopic (exact) mass is 1350 g/mol. The fourth-order valence-electron chi connectivity index (χ4n) is 11.0. The van der Waals surface area contributed by atoms with E-state index in [4.69, 9.17) is 40.1 Å². The van der Waals surface area contributed by atoms with E-state index in [0.29, 0.717) is 55.4 Å². The third kappa shape index (κ3) is 27.5. The largest absolute Gasteiger partial charge is 0.370 e. The Balaban J connectivity index is 1.56. The van der Waals surface area contributed by atoms with E-state index in [1.54, 1.807) is 60.7 Å². The van der Waals surface area contributed by atoms with E-state index in [-0.39, 0.29) is 83.0 Å². The number of hydrogen-bond acceptors (Lipinski definition) is 17. The zero-order valence-corrected chi connectivity index (χ0v) is 55.3. The zero-order valence-electron chi connectivity index (χ0n) is 54.5. The molecule has 0 spiro atoms. The Morgan fingerprint density at radius 3 is 1.51 bits per heavy atom. The minimum Gasteiger partial charge on any atom is -0.370 e. The van der Waals surface area contributed by atoms with Gasteiger partial charge in [-0.25, -0.2) is 0 Å². The van der Waals surface area contributed by atoms with Gasteiger partial charge in [0, 0.05) is 45.3 Å². The molecule has 2 aliphatic heterocycles. The van der Waals surface area contributed by atoms with Crippen LogP contribution in [0.4, 0.5) is 0 Å². The molecule has 2 saturated heterocycles. The number of amides is 13. The highest BCUT2D eigenvalue weighted by molar-refractivity contribution is 7.98. The van der Waals surface area contributed by atoms with E-state index in [2.05, 4.69) is 47.5 Å². The molecule has 22 N–H and O–H groups in total. The van der Waals surface area contributed by atoms with E-state index < -0.39 is 169 Å². The number of aliphatic imine (C=N–C) groups is 1. The van der Waals surface area contributed by atoms with Gasteiger partial charge < -0.3 is 92.5 Å². The molecule has 0 aliphatic carbocycles. The molecule has 2 aliphatic rings. The van der Waals surface area contributed by atoms with Gasteiger partial charge >= 0.3 is 0 Å². The van der Waals surface area contributed by atoms with Gasteiger partial charge in [-0.15, -0.1) is 0 Å². The van der Waals surface area contributed by atoms with Crippen molar-refractivity contribution < 1.29 is 62.3 Å². The minimum absolute atomic E-state index is 0.0736. The fourth-order valence-corrected chi connectivity index (χ4v) is 11.5. The highest BCUT2D eigenvalue weighted by Gasteiger charge is 2.42. The SMILES string of the molecule is CSCC[C@H](NC(=O)[C@H](CC(C)C)NC(=O)CNC(=O)[C@@H](Cc1ccccc1)NC(=O)[C@@H](Cc1ccccc1)NC(=O)[C@H](CCC(N)=O)NC(=O)[C@@H](CCC(N)=O)NC(=O)[C@@H]1CCCN1C(=O)[C@H](CCCCN)NC(=O)[C@@H]1CCCN1C(=O)[C@H](N)CCCN=C(N)N)C(N)=O. The molecule has 0 bridgehead atoms. The van der Waals surface area contributed by atoms with Crippen molar-refractivity contribution in [1.82, 2.24) is 52.3 Å². The molecular formula is C63H98N18O13S. The lowest BCUT2D eigenvalue weighted by Gasteiger charge is -2.32. The molecule has 524 valence electrons. The maximum atomic E-state index is 14.7. The summed E-state index contributed by atoms with van der Waals surface area (Å²) in [6, 6.07) is 4.51. The first-order valence-electron chi connectivity index (χ1n) is 32.2. The molecule has 95 heavy (non-hydrogen) atoms. The molecule has 32 heteroatoms. The van der Waals surface area contributed by atoms with Gasteiger partial charge in [0.1, 0.15) is 54.4 Å². The van der Waals surface area contributed by atoms with Gasteiger partial charge in [0.15, 0.2) is 5.96 Å². The average molecular weight is 1350 g/mol. The first-order chi connectivity index (χ1) is 45.2. The molecule has 0 saturated carbocycles. The summed E-state index contributed by atoms with van der Waals surface area (Å²) in [6.07, 6.45) is 3.12. The van der Waals surface area contributed by atoms with Crippen LogP contribution in [0.2, 0.25) is 0 Å². The summed E-state index contributed by atoms with van der Waals surface area (Å²) in [6.45, 7) is 3.86. The molecule has 10 atom stereocenters. The fraction of sp³-hybridized carbons (Fsp3) is 0.587. The third-order valence-electron chi connectivity index (χ3n) is 16.0. The summed E-state index contributed by atoms with van der Waals surface area (Å²) in [5.41, 5.74) is 40.6. The average Bonchev–Trinajstić information content (AvgIpc) is 1.74. The lowest BCUT2D eigenvalue weighted by atomic mass is 10.0. The molecular weight excluding hydrogens is 1250 g/mol. The minimum atomic E-state index is -1.64. The van der Waals surface area contributed by atoms with E-state index in [9.17, 15) is 62.3 Å². The van der Waals surface area contributed by atoms with Crippen LogP contribution in [0.25, 0.3) is 0 Å². The van der Waals surface area contributed by atoms with Crippen LogP contribution in [-0.2, 0) is 75.2 Å². The molecule has 2 aromatic rings. The number of likely N-dealkylation sites (tertiary alicyclic amines) is 2. The van der Waals surface area contributed by atoms with Crippen molar-refractivity contribution in [2.24, 2.45) is 51.0 Å². The van der Waals surface area contributed by atoms with Crippen molar-refractivity contribution in [3.8, 4) is 0 Å². The number of thioether (sulfide) groups is 1. The molecule has 0 aromatic heterocycles. The van der Waals surface area contributed by atoms with Gasteiger partial charge in [0.05, 0.1) is 12.6 Å². The predicted octanol–water partition coefficient (Wildman–Crippen LogP) is -3.71. The first-order valence-corrected chi connectivity index (χ1v) is 33.6. The predicted molar refractivity (Wildman–Crippen MR) is 356 cm³/mol. The van der Waals surface area contributed by atoms with Crippen molar-refractivity contribution in [2.45, 2.75) is 183 Å². The van der Waals surface area contributed by atoms with Crippen molar-refractivity contribution in [1.29, 1.82) is 0 Å². The number of rotatable bonds is 42. The normalized spacial score (nSPS) is 16.8. The maximum absolute atomic E-state index is 14.7. The highest BCUT2D eigenvalue weighted by Crippen LogP contribution is 2.24. The number of benzene rings is 2. The van der Waals surface area contributed by atoms with Crippen LogP contribution < -0.4 is 82.7 Å². The molecule has 31 nitrogen and oxygen atoms in total. The second kappa shape index (κ2) is 41.0. The van der Waals surface area contributed by atoms with Crippen LogP contribution in [0.3, 0.4) is 0 Å². The summed E-state index contributed by atoms with van der Waals surface area (Å²) in [5, 5.41) is 21.1. The lowest BCUT2D eigenvalue weighted by molar-refractivity contribution is -0.144. The van der Waals surface area contributed by atoms with E-state index in [0.717, 1.165) is 0 Å². The van der Waals surface area contributed by atoms with E-state index in [1.807, 2.05) is 20.1 Å².